The lowest BCUT2D eigenvalue weighted by Crippen LogP contribution is -2.32. The lowest BCUT2D eigenvalue weighted by molar-refractivity contribution is 0.286. The number of nitrogens with one attached hydrogen (secondary N) is 1. The van der Waals surface area contributed by atoms with Crippen molar-refractivity contribution in [1.29, 1.82) is 0 Å². The van der Waals surface area contributed by atoms with Crippen molar-refractivity contribution in [3.63, 3.8) is 0 Å². The minimum atomic E-state index is -0.0738. The van der Waals surface area contributed by atoms with Gasteiger partial charge in [-0.1, -0.05) is 22.0 Å². The van der Waals surface area contributed by atoms with Crippen LogP contribution in [0.5, 0.6) is 5.75 Å². The Morgan fingerprint density at radius 1 is 1.38 bits per heavy atom. The van der Waals surface area contributed by atoms with E-state index in [-0.39, 0.29) is 5.56 Å². The van der Waals surface area contributed by atoms with E-state index in [1.807, 2.05) is 24.3 Å². The van der Waals surface area contributed by atoms with Gasteiger partial charge >= 0.3 is 0 Å². The fourth-order valence-corrected chi connectivity index (χ4v) is 2.70. The van der Waals surface area contributed by atoms with Crippen LogP contribution in [0.4, 0.5) is 0 Å². The highest BCUT2D eigenvalue weighted by Crippen LogP contribution is 2.17. The van der Waals surface area contributed by atoms with E-state index < -0.39 is 0 Å². The minimum Gasteiger partial charge on any atom is -0.492 e. The van der Waals surface area contributed by atoms with Crippen molar-refractivity contribution in [1.82, 2.24) is 15.1 Å². The maximum atomic E-state index is 12.0. The van der Waals surface area contributed by atoms with Crippen LogP contribution in [0.2, 0.25) is 0 Å². The van der Waals surface area contributed by atoms with E-state index in [0.29, 0.717) is 13.2 Å². The van der Waals surface area contributed by atoms with Crippen LogP contribution in [0, 0.1) is 0 Å². The molecule has 2 aromatic rings. The molecule has 0 spiro atoms. The van der Waals surface area contributed by atoms with E-state index in [1.165, 1.54) is 4.68 Å². The van der Waals surface area contributed by atoms with Gasteiger partial charge in [-0.2, -0.15) is 5.10 Å². The maximum absolute atomic E-state index is 12.0. The normalized spacial score (nSPS) is 13.8. The summed E-state index contributed by atoms with van der Waals surface area (Å²) in [5, 5.41) is 7.68. The zero-order chi connectivity index (χ0) is 14.7. The van der Waals surface area contributed by atoms with Gasteiger partial charge in [0.15, 0.2) is 0 Å². The zero-order valence-corrected chi connectivity index (χ0v) is 13.1. The summed E-state index contributed by atoms with van der Waals surface area (Å²) in [6, 6.07) is 9.31. The van der Waals surface area contributed by atoms with Gasteiger partial charge in [0.05, 0.1) is 12.2 Å². The van der Waals surface area contributed by atoms with E-state index in [2.05, 4.69) is 26.3 Å². The molecule has 1 aromatic heterocycles. The molecule has 21 heavy (non-hydrogen) atoms. The summed E-state index contributed by atoms with van der Waals surface area (Å²) in [5.74, 6) is 0.777. The van der Waals surface area contributed by atoms with Crippen LogP contribution in [-0.4, -0.2) is 22.9 Å². The third-order valence-electron chi connectivity index (χ3n) is 3.39. The SMILES string of the molecule is O=c1cc2c(nn1CCOc1cccc(Br)c1)CCNC2. The van der Waals surface area contributed by atoms with E-state index in [0.717, 1.165) is 41.0 Å². The predicted octanol–water partition coefficient (Wildman–Crippen LogP) is 1.73. The molecular formula is C15H16BrN3O2. The van der Waals surface area contributed by atoms with E-state index in [1.54, 1.807) is 6.07 Å². The van der Waals surface area contributed by atoms with Gasteiger partial charge in [0.1, 0.15) is 12.4 Å². The van der Waals surface area contributed by atoms with Gasteiger partial charge in [-0.25, -0.2) is 4.68 Å². The molecule has 110 valence electrons. The number of halogens is 1. The third kappa shape index (κ3) is 3.51. The van der Waals surface area contributed by atoms with Gasteiger partial charge in [-0.15, -0.1) is 0 Å². The molecule has 0 fully saturated rings. The first kappa shape index (κ1) is 14.3. The average Bonchev–Trinajstić information content (AvgIpc) is 2.48. The number of hydrogen-bond donors (Lipinski definition) is 1. The lowest BCUT2D eigenvalue weighted by atomic mass is 10.1. The molecule has 1 N–H and O–H groups in total. The topological polar surface area (TPSA) is 56.2 Å². The molecule has 0 saturated heterocycles. The van der Waals surface area contributed by atoms with Crippen molar-refractivity contribution < 1.29 is 4.74 Å². The molecule has 0 aliphatic carbocycles. The molecule has 3 rings (SSSR count). The van der Waals surface area contributed by atoms with Gasteiger partial charge in [0.2, 0.25) is 0 Å². The smallest absolute Gasteiger partial charge is 0.267 e. The Hall–Kier alpha value is -1.66. The lowest BCUT2D eigenvalue weighted by Gasteiger charge is -2.17. The van der Waals surface area contributed by atoms with Crippen LogP contribution in [0.15, 0.2) is 39.6 Å². The van der Waals surface area contributed by atoms with E-state index >= 15 is 0 Å². The van der Waals surface area contributed by atoms with Gasteiger partial charge in [-0.05, 0) is 23.8 Å². The van der Waals surface area contributed by atoms with Crippen molar-refractivity contribution >= 4 is 15.9 Å². The quantitative estimate of drug-likeness (QED) is 0.913. The molecule has 6 heteroatoms. The zero-order valence-electron chi connectivity index (χ0n) is 11.5. The first-order valence-corrected chi connectivity index (χ1v) is 7.71. The van der Waals surface area contributed by atoms with Crippen LogP contribution in [-0.2, 0) is 19.5 Å². The average molecular weight is 350 g/mol. The van der Waals surface area contributed by atoms with Crippen LogP contribution in [0.25, 0.3) is 0 Å². The number of ether oxygens (including phenoxy) is 1. The Morgan fingerprint density at radius 2 is 2.29 bits per heavy atom. The van der Waals surface area contributed by atoms with Gasteiger partial charge in [0, 0.05) is 30.0 Å². The second-order valence-corrected chi connectivity index (χ2v) is 5.83. The first-order valence-electron chi connectivity index (χ1n) is 6.91. The van der Waals surface area contributed by atoms with Crippen molar-refractivity contribution in [2.24, 2.45) is 0 Å². The van der Waals surface area contributed by atoms with E-state index in [4.69, 9.17) is 4.74 Å². The predicted molar refractivity (Wildman–Crippen MR) is 83.5 cm³/mol. The Bertz CT molecular complexity index is 700. The molecule has 2 heterocycles. The number of aromatic nitrogens is 2. The monoisotopic (exact) mass is 349 g/mol. The molecule has 1 aromatic carbocycles. The van der Waals surface area contributed by atoms with Crippen LogP contribution < -0.4 is 15.6 Å². The summed E-state index contributed by atoms with van der Waals surface area (Å²) in [7, 11) is 0. The standard InChI is InChI=1S/C15H16BrN3O2/c16-12-2-1-3-13(9-12)21-7-6-19-15(20)8-11-10-17-5-4-14(11)18-19/h1-3,8-9,17H,4-7,10H2. The second kappa shape index (κ2) is 6.41. The molecule has 0 radical (unpaired) electrons. The van der Waals surface area contributed by atoms with Crippen molar-refractivity contribution in [3.8, 4) is 5.75 Å². The van der Waals surface area contributed by atoms with Crippen LogP contribution in [0.3, 0.4) is 0 Å². The van der Waals surface area contributed by atoms with Crippen molar-refractivity contribution in [2.45, 2.75) is 19.5 Å². The molecule has 1 aliphatic rings. The molecular weight excluding hydrogens is 334 g/mol. The minimum absolute atomic E-state index is 0.0738. The number of hydrogen-bond acceptors (Lipinski definition) is 4. The highest BCUT2D eigenvalue weighted by Gasteiger charge is 2.12. The Kier molecular flexibility index (Phi) is 4.36. The first-order chi connectivity index (χ1) is 10.2. The summed E-state index contributed by atoms with van der Waals surface area (Å²) in [6.45, 7) is 2.51. The van der Waals surface area contributed by atoms with Gasteiger partial charge in [-0.3, -0.25) is 4.79 Å². The summed E-state index contributed by atoms with van der Waals surface area (Å²) < 4.78 is 8.11. The van der Waals surface area contributed by atoms with E-state index in [9.17, 15) is 4.79 Å². The van der Waals surface area contributed by atoms with Crippen LogP contribution >= 0.6 is 15.9 Å². The third-order valence-corrected chi connectivity index (χ3v) is 3.88. The summed E-state index contributed by atoms with van der Waals surface area (Å²) >= 11 is 3.40. The van der Waals surface area contributed by atoms with Gasteiger partial charge in [0.25, 0.3) is 5.56 Å². The summed E-state index contributed by atoms with van der Waals surface area (Å²) in [5.41, 5.74) is 1.95. The van der Waals surface area contributed by atoms with Crippen LogP contribution in [0.1, 0.15) is 11.3 Å². The van der Waals surface area contributed by atoms with Gasteiger partial charge < -0.3 is 10.1 Å². The Morgan fingerprint density at radius 3 is 3.14 bits per heavy atom. The van der Waals surface area contributed by atoms with Crippen molar-refractivity contribution in [2.75, 3.05) is 13.2 Å². The largest absolute Gasteiger partial charge is 0.492 e. The molecule has 0 atom stereocenters. The molecule has 0 bridgehead atoms. The highest BCUT2D eigenvalue weighted by molar-refractivity contribution is 9.10. The Labute approximate surface area is 131 Å². The molecule has 5 nitrogen and oxygen atoms in total. The molecule has 0 amide bonds. The highest BCUT2D eigenvalue weighted by atomic mass is 79.9. The number of rotatable bonds is 4. The fraction of sp³-hybridized carbons (Fsp3) is 0.333. The summed E-state index contributed by atoms with van der Waals surface area (Å²) in [6.07, 6.45) is 0.863. The Balaban J connectivity index is 1.66. The number of nitrogens with zero attached hydrogens (tertiary/aromatic N) is 2. The van der Waals surface area contributed by atoms with Crippen molar-refractivity contribution in [3.05, 3.63) is 56.4 Å². The molecule has 0 saturated carbocycles. The molecule has 1 aliphatic heterocycles. The number of fused-ring (bicyclic) bond motifs is 1. The molecule has 0 unspecified atom stereocenters. The maximum Gasteiger partial charge on any atom is 0.267 e. The summed E-state index contributed by atoms with van der Waals surface area (Å²) in [4.78, 5) is 12.0. The second-order valence-electron chi connectivity index (χ2n) is 4.91. The fourth-order valence-electron chi connectivity index (χ4n) is 2.33. The number of benzene rings is 1.